The maximum atomic E-state index is 12.2. The smallest absolute Gasteiger partial charge is 0.326 e. The number of likely N-dealkylation sites (N-methyl/N-ethyl adjacent to an activating group) is 1. The van der Waals surface area contributed by atoms with Crippen molar-refractivity contribution in [2.24, 2.45) is 5.92 Å². The van der Waals surface area contributed by atoms with Crippen LogP contribution in [0, 0.1) is 5.92 Å². The number of hydrogen-bond donors (Lipinski definition) is 1. The molecule has 0 aromatic heterocycles. The molecule has 2 amide bonds. The molecule has 0 radical (unpaired) electrons. The van der Waals surface area contributed by atoms with Gasteiger partial charge in [0, 0.05) is 20.1 Å². The topological polar surface area (TPSA) is 64.1 Å². The molecular formula is C13H23N3O3. The third-order valence-electron chi connectivity index (χ3n) is 4.46. The van der Waals surface area contributed by atoms with Crippen molar-refractivity contribution in [3.8, 4) is 0 Å². The van der Waals surface area contributed by atoms with E-state index in [1.54, 1.807) is 18.9 Å². The molecule has 0 bridgehead atoms. The first-order valence-electron chi connectivity index (χ1n) is 6.86. The minimum absolute atomic E-state index is 0.136. The first-order valence-corrected chi connectivity index (χ1v) is 6.86. The van der Waals surface area contributed by atoms with E-state index in [0.717, 1.165) is 25.9 Å². The zero-order valence-electron chi connectivity index (χ0n) is 11.9. The molecule has 3 atom stereocenters. The lowest BCUT2D eigenvalue weighted by Gasteiger charge is -2.35. The molecule has 2 aliphatic heterocycles. The van der Waals surface area contributed by atoms with E-state index in [2.05, 4.69) is 11.9 Å². The van der Waals surface area contributed by atoms with Crippen LogP contribution >= 0.6 is 0 Å². The molecule has 0 aromatic rings. The van der Waals surface area contributed by atoms with Crippen LogP contribution in [-0.4, -0.2) is 77.6 Å². The van der Waals surface area contributed by atoms with Gasteiger partial charge in [-0.1, -0.05) is 0 Å². The van der Waals surface area contributed by atoms with Gasteiger partial charge in [0.15, 0.2) is 0 Å². The molecular weight excluding hydrogens is 246 g/mol. The summed E-state index contributed by atoms with van der Waals surface area (Å²) in [7, 11) is 3.89. The van der Waals surface area contributed by atoms with Crippen molar-refractivity contribution in [1.29, 1.82) is 0 Å². The molecule has 108 valence electrons. The molecule has 2 aliphatic rings. The Kier molecular flexibility index (Phi) is 3.99. The van der Waals surface area contributed by atoms with Crippen LogP contribution < -0.4 is 0 Å². The quantitative estimate of drug-likeness (QED) is 0.812. The van der Waals surface area contributed by atoms with Crippen molar-refractivity contribution < 1.29 is 14.7 Å². The normalized spacial score (nSPS) is 30.8. The maximum Gasteiger partial charge on any atom is 0.326 e. The second-order valence-corrected chi connectivity index (χ2v) is 5.79. The van der Waals surface area contributed by atoms with Gasteiger partial charge in [-0.3, -0.25) is 0 Å². The molecule has 2 heterocycles. The van der Waals surface area contributed by atoms with E-state index in [-0.39, 0.29) is 12.1 Å². The number of carboxylic acids is 1. The number of amides is 2. The number of carbonyl (C=O) groups is 2. The number of carboxylic acid groups (broad SMARTS) is 1. The Morgan fingerprint density at radius 2 is 2.05 bits per heavy atom. The number of hydrogen-bond acceptors (Lipinski definition) is 3. The van der Waals surface area contributed by atoms with E-state index in [1.807, 2.05) is 0 Å². The highest BCUT2D eigenvalue weighted by Crippen LogP contribution is 2.28. The first kappa shape index (κ1) is 14.1. The summed E-state index contributed by atoms with van der Waals surface area (Å²) in [5.41, 5.74) is 0. The number of rotatable bonds is 3. The van der Waals surface area contributed by atoms with Crippen LogP contribution in [0.1, 0.15) is 19.8 Å². The molecule has 0 aromatic carbocycles. The highest BCUT2D eigenvalue weighted by Gasteiger charge is 2.43. The van der Waals surface area contributed by atoms with Crippen LogP contribution in [0.2, 0.25) is 0 Å². The van der Waals surface area contributed by atoms with E-state index in [4.69, 9.17) is 5.11 Å². The molecule has 3 unspecified atom stereocenters. The standard InChI is InChI=1S/C13H23N3O3/c1-9(12(17)18)16-8-11(15(3)13(16)19)10-5-4-6-14(2)7-10/h9-11H,4-8H2,1-3H3,(H,17,18). The molecule has 0 aliphatic carbocycles. The Bertz CT molecular complexity index is 374. The van der Waals surface area contributed by atoms with Gasteiger partial charge in [0.1, 0.15) is 6.04 Å². The van der Waals surface area contributed by atoms with Crippen LogP contribution in [0.25, 0.3) is 0 Å². The first-order chi connectivity index (χ1) is 8.91. The number of carbonyl (C=O) groups excluding carboxylic acids is 1. The second-order valence-electron chi connectivity index (χ2n) is 5.79. The van der Waals surface area contributed by atoms with Crippen molar-refractivity contribution in [3.05, 3.63) is 0 Å². The lowest BCUT2D eigenvalue weighted by Crippen LogP contribution is -2.44. The van der Waals surface area contributed by atoms with Gasteiger partial charge < -0.3 is 19.8 Å². The van der Waals surface area contributed by atoms with E-state index < -0.39 is 12.0 Å². The van der Waals surface area contributed by atoms with E-state index in [9.17, 15) is 9.59 Å². The van der Waals surface area contributed by atoms with Crippen molar-refractivity contribution in [1.82, 2.24) is 14.7 Å². The van der Waals surface area contributed by atoms with E-state index in [0.29, 0.717) is 12.5 Å². The number of piperidine rings is 1. The van der Waals surface area contributed by atoms with Crippen LogP contribution in [0.3, 0.4) is 0 Å². The Morgan fingerprint density at radius 3 is 2.63 bits per heavy atom. The minimum atomic E-state index is -0.942. The molecule has 6 heteroatoms. The van der Waals surface area contributed by atoms with Gasteiger partial charge in [-0.2, -0.15) is 0 Å². The molecule has 6 nitrogen and oxygen atoms in total. The van der Waals surface area contributed by atoms with Gasteiger partial charge >= 0.3 is 12.0 Å². The fourth-order valence-electron chi connectivity index (χ4n) is 3.19. The Labute approximate surface area is 114 Å². The van der Waals surface area contributed by atoms with Gasteiger partial charge in [-0.25, -0.2) is 9.59 Å². The summed E-state index contributed by atoms with van der Waals surface area (Å²) in [4.78, 5) is 28.7. The maximum absolute atomic E-state index is 12.2. The average Bonchev–Trinajstić information content (AvgIpc) is 2.65. The van der Waals surface area contributed by atoms with Gasteiger partial charge in [-0.15, -0.1) is 0 Å². The third-order valence-corrected chi connectivity index (χ3v) is 4.46. The van der Waals surface area contributed by atoms with Crippen molar-refractivity contribution in [2.75, 3.05) is 33.7 Å². The Hall–Kier alpha value is -1.30. The molecule has 19 heavy (non-hydrogen) atoms. The highest BCUT2D eigenvalue weighted by atomic mass is 16.4. The van der Waals surface area contributed by atoms with Crippen molar-refractivity contribution in [3.63, 3.8) is 0 Å². The zero-order chi connectivity index (χ0) is 14.2. The molecule has 2 saturated heterocycles. The predicted octanol–water partition coefficient (Wildman–Crippen LogP) is 0.537. The molecule has 1 N–H and O–H groups in total. The Morgan fingerprint density at radius 1 is 1.37 bits per heavy atom. The number of nitrogens with zero attached hydrogens (tertiary/aromatic N) is 3. The monoisotopic (exact) mass is 269 g/mol. The fourth-order valence-corrected chi connectivity index (χ4v) is 3.19. The lowest BCUT2D eigenvalue weighted by molar-refractivity contribution is -0.141. The second kappa shape index (κ2) is 5.36. The van der Waals surface area contributed by atoms with Gasteiger partial charge in [0.25, 0.3) is 0 Å². The predicted molar refractivity (Wildman–Crippen MR) is 71.0 cm³/mol. The SMILES string of the molecule is CC(C(=O)O)N1CC(C2CCCN(C)C2)N(C)C1=O. The average molecular weight is 269 g/mol. The van der Waals surface area contributed by atoms with Gasteiger partial charge in [-0.05, 0) is 39.3 Å². The third kappa shape index (κ3) is 2.68. The largest absolute Gasteiger partial charge is 0.480 e. The van der Waals surface area contributed by atoms with Crippen LogP contribution in [0.5, 0.6) is 0 Å². The van der Waals surface area contributed by atoms with Crippen LogP contribution in [0.4, 0.5) is 4.79 Å². The minimum Gasteiger partial charge on any atom is -0.480 e. The number of aliphatic carboxylic acids is 1. The molecule has 0 spiro atoms. The zero-order valence-corrected chi connectivity index (χ0v) is 11.9. The fraction of sp³-hybridized carbons (Fsp3) is 0.846. The molecule has 2 rings (SSSR count). The number of urea groups is 1. The summed E-state index contributed by atoms with van der Waals surface area (Å²) in [5.74, 6) is -0.498. The van der Waals surface area contributed by atoms with Crippen LogP contribution in [0.15, 0.2) is 0 Å². The molecule has 0 saturated carbocycles. The lowest BCUT2D eigenvalue weighted by atomic mass is 9.90. The van der Waals surface area contributed by atoms with Crippen molar-refractivity contribution >= 4 is 12.0 Å². The summed E-state index contributed by atoms with van der Waals surface area (Å²) in [6, 6.07) is -0.772. The number of likely N-dealkylation sites (tertiary alicyclic amines) is 1. The summed E-state index contributed by atoms with van der Waals surface area (Å²) in [6.07, 6.45) is 2.26. The highest BCUT2D eigenvalue weighted by molar-refractivity contribution is 5.84. The van der Waals surface area contributed by atoms with Gasteiger partial charge in [0.05, 0.1) is 6.04 Å². The summed E-state index contributed by atoms with van der Waals surface area (Å²) >= 11 is 0. The summed E-state index contributed by atoms with van der Waals surface area (Å²) in [6.45, 7) is 4.19. The van der Waals surface area contributed by atoms with Gasteiger partial charge in [0.2, 0.25) is 0 Å². The van der Waals surface area contributed by atoms with Crippen LogP contribution in [-0.2, 0) is 4.79 Å². The van der Waals surface area contributed by atoms with E-state index >= 15 is 0 Å². The van der Waals surface area contributed by atoms with Crippen molar-refractivity contribution in [2.45, 2.75) is 31.8 Å². The molecule has 2 fully saturated rings. The van der Waals surface area contributed by atoms with E-state index in [1.165, 1.54) is 4.90 Å². The Balaban J connectivity index is 2.07. The summed E-state index contributed by atoms with van der Waals surface area (Å²) < 4.78 is 0. The summed E-state index contributed by atoms with van der Waals surface area (Å²) in [5, 5.41) is 9.06.